The molecule has 4 aromatic rings. The second kappa shape index (κ2) is 9.85. The molecule has 0 radical (unpaired) electrons. The molecular formula is C25H26N6O3. The quantitative estimate of drug-likeness (QED) is 0.382. The molecular weight excluding hydrogens is 432 g/mol. The van der Waals surface area contributed by atoms with Gasteiger partial charge in [0.25, 0.3) is 0 Å². The van der Waals surface area contributed by atoms with Crippen molar-refractivity contribution in [2.75, 3.05) is 7.11 Å². The molecule has 4 rings (SSSR count). The third-order valence-corrected chi connectivity index (χ3v) is 5.75. The Morgan fingerprint density at radius 1 is 1.35 bits per heavy atom. The van der Waals surface area contributed by atoms with Crippen molar-refractivity contribution >= 4 is 11.4 Å². The smallest absolute Gasteiger partial charge is 0.171 e. The van der Waals surface area contributed by atoms with E-state index in [0.717, 1.165) is 5.56 Å². The van der Waals surface area contributed by atoms with Crippen LogP contribution in [0.5, 0.6) is 5.75 Å². The molecule has 2 atom stereocenters. The minimum Gasteiger partial charge on any atom is -0.496 e. The van der Waals surface area contributed by atoms with E-state index < -0.39 is 6.10 Å². The van der Waals surface area contributed by atoms with E-state index in [2.05, 4.69) is 16.2 Å². The molecule has 0 saturated heterocycles. The van der Waals surface area contributed by atoms with Crippen LogP contribution in [0.1, 0.15) is 41.8 Å². The normalized spacial score (nSPS) is 12.9. The number of ether oxygens (including phenoxy) is 1. The Balaban J connectivity index is 1.75. The van der Waals surface area contributed by atoms with E-state index in [9.17, 15) is 15.2 Å². The van der Waals surface area contributed by atoms with E-state index in [1.54, 1.807) is 66.1 Å². The molecule has 174 valence electrons. The van der Waals surface area contributed by atoms with Crippen molar-refractivity contribution in [1.82, 2.24) is 24.4 Å². The van der Waals surface area contributed by atoms with Crippen LogP contribution in [0.4, 0.5) is 0 Å². The highest BCUT2D eigenvalue weighted by Crippen LogP contribution is 2.34. The lowest BCUT2D eigenvalue weighted by Crippen LogP contribution is -2.17. The maximum atomic E-state index is 13.5. The van der Waals surface area contributed by atoms with Gasteiger partial charge in [-0.1, -0.05) is 6.92 Å². The van der Waals surface area contributed by atoms with Crippen molar-refractivity contribution in [3.05, 3.63) is 65.7 Å². The number of aliphatic hydroxyl groups excluding tert-OH is 1. The van der Waals surface area contributed by atoms with Gasteiger partial charge in [0.15, 0.2) is 11.4 Å². The zero-order valence-electron chi connectivity index (χ0n) is 19.3. The van der Waals surface area contributed by atoms with Crippen LogP contribution in [0.2, 0.25) is 0 Å². The number of fused-ring (bicyclic) bond motifs is 1. The number of hydrogen-bond donors (Lipinski definition) is 1. The van der Waals surface area contributed by atoms with E-state index in [0.29, 0.717) is 53.2 Å². The van der Waals surface area contributed by atoms with Crippen LogP contribution in [-0.4, -0.2) is 48.5 Å². The van der Waals surface area contributed by atoms with E-state index in [1.807, 2.05) is 13.1 Å². The van der Waals surface area contributed by atoms with Crippen LogP contribution in [0.15, 0.2) is 49.1 Å². The van der Waals surface area contributed by atoms with Gasteiger partial charge < -0.3 is 9.84 Å². The summed E-state index contributed by atoms with van der Waals surface area (Å²) in [6.45, 7) is 3.96. The molecule has 0 fully saturated rings. The average molecular weight is 459 g/mol. The molecule has 0 amide bonds. The fourth-order valence-electron chi connectivity index (χ4n) is 4.07. The maximum absolute atomic E-state index is 13.5. The number of nitrogens with zero attached hydrogens (tertiary/aromatic N) is 6. The first kappa shape index (κ1) is 23.1. The van der Waals surface area contributed by atoms with Crippen LogP contribution < -0.4 is 4.74 Å². The predicted octanol–water partition coefficient (Wildman–Crippen LogP) is 3.31. The van der Waals surface area contributed by atoms with Gasteiger partial charge in [-0.2, -0.15) is 15.5 Å². The Hall–Kier alpha value is -4.03. The maximum Gasteiger partial charge on any atom is 0.171 e. The van der Waals surface area contributed by atoms with Gasteiger partial charge in [-0.3, -0.25) is 9.48 Å². The molecule has 0 bridgehead atoms. The molecule has 0 aliphatic carbocycles. The number of aliphatic hydroxyl groups is 1. The minimum atomic E-state index is -0.596. The number of nitriles is 1. The fourth-order valence-corrected chi connectivity index (χ4v) is 4.07. The lowest BCUT2D eigenvalue weighted by Gasteiger charge is -2.14. The highest BCUT2D eigenvalue weighted by Gasteiger charge is 2.26. The number of aromatic nitrogens is 5. The van der Waals surface area contributed by atoms with Crippen LogP contribution in [0.25, 0.3) is 16.9 Å². The molecule has 9 nitrogen and oxygen atoms in total. The Labute approximate surface area is 197 Å². The lowest BCUT2D eigenvalue weighted by atomic mass is 9.89. The van der Waals surface area contributed by atoms with Crippen molar-refractivity contribution in [2.24, 2.45) is 5.92 Å². The number of carbonyl (C=O) groups is 1. The Morgan fingerprint density at radius 3 is 2.88 bits per heavy atom. The number of benzene rings is 1. The summed E-state index contributed by atoms with van der Waals surface area (Å²) in [6.07, 6.45) is 7.25. The zero-order chi connectivity index (χ0) is 24.2. The molecule has 0 aliphatic rings. The second-order valence-electron chi connectivity index (χ2n) is 8.22. The average Bonchev–Trinajstić information content (AvgIpc) is 3.45. The zero-order valence-corrected chi connectivity index (χ0v) is 19.3. The molecule has 1 N–H and O–H groups in total. The van der Waals surface area contributed by atoms with E-state index in [4.69, 9.17) is 9.84 Å². The van der Waals surface area contributed by atoms with Crippen molar-refractivity contribution in [3.63, 3.8) is 0 Å². The topological polar surface area (TPSA) is 118 Å². The summed E-state index contributed by atoms with van der Waals surface area (Å²) in [4.78, 5) is 17.8. The van der Waals surface area contributed by atoms with Gasteiger partial charge in [-0.25, -0.2) is 9.50 Å². The Bertz CT molecular complexity index is 1360. The van der Waals surface area contributed by atoms with Crippen molar-refractivity contribution in [3.8, 4) is 23.1 Å². The van der Waals surface area contributed by atoms with Gasteiger partial charge in [0.2, 0.25) is 0 Å². The Kier molecular flexibility index (Phi) is 6.70. The van der Waals surface area contributed by atoms with Crippen LogP contribution in [0, 0.1) is 17.2 Å². The van der Waals surface area contributed by atoms with Crippen molar-refractivity contribution < 1.29 is 14.6 Å². The van der Waals surface area contributed by atoms with E-state index in [1.165, 1.54) is 0 Å². The van der Waals surface area contributed by atoms with Crippen molar-refractivity contribution in [2.45, 2.75) is 39.3 Å². The van der Waals surface area contributed by atoms with Crippen LogP contribution >= 0.6 is 0 Å². The van der Waals surface area contributed by atoms with Crippen LogP contribution in [0.3, 0.4) is 0 Å². The molecule has 9 heteroatoms. The number of methoxy groups -OCH3 is 1. The summed E-state index contributed by atoms with van der Waals surface area (Å²) >= 11 is 0. The highest BCUT2D eigenvalue weighted by atomic mass is 16.5. The van der Waals surface area contributed by atoms with Gasteiger partial charge >= 0.3 is 0 Å². The number of hydrogen-bond acceptors (Lipinski definition) is 7. The van der Waals surface area contributed by atoms with Gasteiger partial charge in [-0.15, -0.1) is 0 Å². The largest absolute Gasteiger partial charge is 0.496 e. The minimum absolute atomic E-state index is 0.0387. The number of ketones is 1. The van der Waals surface area contributed by atoms with E-state index >= 15 is 0 Å². The van der Waals surface area contributed by atoms with Crippen LogP contribution in [-0.2, 0) is 13.0 Å². The number of rotatable bonds is 9. The van der Waals surface area contributed by atoms with Gasteiger partial charge in [-0.05, 0) is 49.6 Å². The standard InChI is InChI=1S/C25H26N6O3/c1-4-18(24(33)21-13-28-31-9-5-8-27-25(21)31)11-19-15-30(14-16(2)32)29-23(19)20-10-17(12-26)6-7-22(20)34-3/h5-10,13,15-16,18,32H,4,11,14H2,1-3H3. The fraction of sp³-hybridized carbons (Fsp3) is 0.320. The molecule has 3 heterocycles. The summed E-state index contributed by atoms with van der Waals surface area (Å²) in [5.74, 6) is 0.208. The first-order valence-electron chi connectivity index (χ1n) is 11.1. The third kappa shape index (κ3) is 4.54. The van der Waals surface area contributed by atoms with Gasteiger partial charge in [0.05, 0.1) is 48.8 Å². The summed E-state index contributed by atoms with van der Waals surface area (Å²) in [7, 11) is 1.56. The summed E-state index contributed by atoms with van der Waals surface area (Å²) in [6, 6.07) is 9.07. The molecule has 1 aromatic carbocycles. The Morgan fingerprint density at radius 2 is 2.18 bits per heavy atom. The number of Topliss-reactive ketones (excluding diaryl/α,β-unsaturated/α-hetero) is 1. The predicted molar refractivity (Wildman–Crippen MR) is 125 cm³/mol. The summed E-state index contributed by atoms with van der Waals surface area (Å²) < 4.78 is 8.79. The highest BCUT2D eigenvalue weighted by molar-refractivity contribution is 6.02. The lowest BCUT2D eigenvalue weighted by molar-refractivity contribution is 0.0917. The SMILES string of the molecule is CCC(Cc1cn(CC(C)O)nc1-c1cc(C#N)ccc1OC)C(=O)c1cnn2cccnc12. The molecule has 2 unspecified atom stereocenters. The van der Waals surface area contributed by atoms with Crippen molar-refractivity contribution in [1.29, 1.82) is 5.26 Å². The molecule has 3 aromatic heterocycles. The first-order valence-corrected chi connectivity index (χ1v) is 11.1. The monoisotopic (exact) mass is 458 g/mol. The molecule has 0 spiro atoms. The third-order valence-electron chi connectivity index (χ3n) is 5.75. The van der Waals surface area contributed by atoms with Gasteiger partial charge in [0.1, 0.15) is 5.75 Å². The first-order chi connectivity index (χ1) is 16.4. The molecule has 0 saturated carbocycles. The summed E-state index contributed by atoms with van der Waals surface area (Å²) in [5.41, 5.74) is 3.61. The van der Waals surface area contributed by atoms with E-state index in [-0.39, 0.29) is 11.7 Å². The second-order valence-corrected chi connectivity index (χ2v) is 8.22. The molecule has 34 heavy (non-hydrogen) atoms. The van der Waals surface area contributed by atoms with Gasteiger partial charge in [0, 0.05) is 30.1 Å². The molecule has 0 aliphatic heterocycles. The number of carbonyl (C=O) groups excluding carboxylic acids is 1. The summed E-state index contributed by atoms with van der Waals surface area (Å²) in [5, 5.41) is 28.2.